The number of halogens is 2. The number of nitrogens with zero attached hydrogens (tertiary/aromatic N) is 1. The van der Waals surface area contributed by atoms with Crippen molar-refractivity contribution >= 4 is 21.7 Å². The number of carboxylic acids is 1. The second-order valence-corrected chi connectivity index (χ2v) is 7.21. The molecule has 0 radical (unpaired) electrons. The molecule has 1 atom stereocenters. The monoisotopic (exact) mass is 347 g/mol. The predicted molar refractivity (Wildman–Crippen MR) is 75.7 cm³/mol. The van der Waals surface area contributed by atoms with Crippen molar-refractivity contribution in [2.75, 3.05) is 13.1 Å². The Morgan fingerprint density at radius 2 is 1.87 bits per heavy atom. The van der Waals surface area contributed by atoms with E-state index in [1.165, 1.54) is 17.0 Å². The molecule has 126 valence electrons. The molecule has 1 N–H and O–H groups in total. The third kappa shape index (κ3) is 3.84. The van der Waals surface area contributed by atoms with Gasteiger partial charge in [0, 0.05) is 13.1 Å². The Balaban J connectivity index is 2.02. The third-order valence-corrected chi connectivity index (χ3v) is 5.13. The normalized spacial score (nSPS) is 18.4. The number of alkyl halides is 2. The third-order valence-electron chi connectivity index (χ3n) is 3.73. The average molecular weight is 347 g/mol. The number of carboxylic acid groups (broad SMARTS) is 1. The van der Waals surface area contributed by atoms with Crippen molar-refractivity contribution in [3.8, 4) is 0 Å². The molecule has 1 fully saturated rings. The van der Waals surface area contributed by atoms with Gasteiger partial charge in [0.25, 0.3) is 0 Å². The van der Waals surface area contributed by atoms with Crippen LogP contribution < -0.4 is 0 Å². The maximum atomic E-state index is 12.4. The lowest BCUT2D eigenvalue weighted by Gasteiger charge is -2.15. The van der Waals surface area contributed by atoms with E-state index >= 15 is 0 Å². The predicted octanol–water partition coefficient (Wildman–Crippen LogP) is 1.16. The number of hydrogen-bond acceptors (Lipinski definition) is 4. The quantitative estimate of drug-likeness (QED) is 0.863. The van der Waals surface area contributed by atoms with Crippen molar-refractivity contribution in [2.45, 2.75) is 23.5 Å². The summed E-state index contributed by atoms with van der Waals surface area (Å²) in [6, 6.07) is 4.68. The minimum Gasteiger partial charge on any atom is -0.481 e. The van der Waals surface area contributed by atoms with Gasteiger partial charge in [0.05, 0.1) is 17.2 Å². The molecule has 6 nitrogen and oxygen atoms in total. The Morgan fingerprint density at radius 3 is 2.35 bits per heavy atom. The van der Waals surface area contributed by atoms with Crippen molar-refractivity contribution in [2.24, 2.45) is 5.92 Å². The van der Waals surface area contributed by atoms with Crippen molar-refractivity contribution in [3.05, 3.63) is 29.8 Å². The van der Waals surface area contributed by atoms with Crippen molar-refractivity contribution in [3.63, 3.8) is 0 Å². The van der Waals surface area contributed by atoms with Gasteiger partial charge in [-0.25, -0.2) is 8.42 Å². The summed E-state index contributed by atoms with van der Waals surface area (Å²) in [6.07, 6.45) is 0.355. The molecule has 1 saturated heterocycles. The van der Waals surface area contributed by atoms with E-state index < -0.39 is 32.4 Å². The molecule has 0 aromatic heterocycles. The van der Waals surface area contributed by atoms with Crippen molar-refractivity contribution in [1.29, 1.82) is 0 Å². The fraction of sp³-hybridized carbons (Fsp3) is 0.429. The van der Waals surface area contributed by atoms with E-state index in [2.05, 4.69) is 0 Å². The van der Waals surface area contributed by atoms with Crippen LogP contribution in [0.4, 0.5) is 8.78 Å². The van der Waals surface area contributed by atoms with Crippen LogP contribution >= 0.6 is 0 Å². The number of sulfone groups is 1. The van der Waals surface area contributed by atoms with Gasteiger partial charge in [0.1, 0.15) is 0 Å². The Hall–Kier alpha value is -2.03. The maximum Gasteiger partial charge on any atom is 0.341 e. The zero-order valence-corrected chi connectivity index (χ0v) is 12.8. The molecule has 1 aliphatic rings. The number of benzene rings is 1. The zero-order chi connectivity index (χ0) is 17.2. The molecule has 1 heterocycles. The van der Waals surface area contributed by atoms with Crippen LogP contribution in [-0.2, 0) is 25.8 Å². The van der Waals surface area contributed by atoms with E-state index in [4.69, 9.17) is 5.11 Å². The highest BCUT2D eigenvalue weighted by Gasteiger charge is 2.31. The number of hydrogen-bond donors (Lipinski definition) is 1. The van der Waals surface area contributed by atoms with Crippen LogP contribution in [0.2, 0.25) is 0 Å². The number of carbonyl (C=O) groups excluding carboxylic acids is 1. The molecule has 2 rings (SSSR count). The molecule has 0 spiro atoms. The lowest BCUT2D eigenvalue weighted by Crippen LogP contribution is -2.31. The van der Waals surface area contributed by atoms with E-state index in [1.807, 2.05) is 0 Å². The molecule has 0 bridgehead atoms. The SMILES string of the molecule is O=C(O)C1CCN(C(=O)Cc2ccc(S(=O)(=O)C(F)F)cc2)C1. The first-order valence-corrected chi connectivity index (χ1v) is 8.38. The number of rotatable bonds is 5. The summed E-state index contributed by atoms with van der Waals surface area (Å²) in [5, 5.41) is 8.90. The first kappa shape index (κ1) is 17.3. The van der Waals surface area contributed by atoms with Crippen LogP contribution in [0.5, 0.6) is 0 Å². The molecule has 1 aromatic rings. The van der Waals surface area contributed by atoms with Crippen LogP contribution in [0.15, 0.2) is 29.2 Å². The maximum absolute atomic E-state index is 12.4. The summed E-state index contributed by atoms with van der Waals surface area (Å²) in [5.74, 6) is -5.29. The largest absolute Gasteiger partial charge is 0.481 e. The first-order valence-electron chi connectivity index (χ1n) is 6.83. The summed E-state index contributed by atoms with van der Waals surface area (Å²) < 4.78 is 47.4. The Labute approximate surface area is 131 Å². The van der Waals surface area contributed by atoms with Crippen LogP contribution in [-0.4, -0.2) is 49.1 Å². The number of likely N-dealkylation sites (tertiary alicyclic amines) is 1. The van der Waals surface area contributed by atoms with Gasteiger partial charge in [0.2, 0.25) is 15.7 Å². The Morgan fingerprint density at radius 1 is 1.26 bits per heavy atom. The van der Waals surface area contributed by atoms with Gasteiger partial charge in [-0.15, -0.1) is 0 Å². The van der Waals surface area contributed by atoms with Gasteiger partial charge in [-0.2, -0.15) is 8.78 Å². The van der Waals surface area contributed by atoms with Gasteiger partial charge in [0.15, 0.2) is 0 Å². The average Bonchev–Trinajstić information content (AvgIpc) is 2.97. The van der Waals surface area contributed by atoms with Gasteiger partial charge in [-0.3, -0.25) is 9.59 Å². The minimum atomic E-state index is -4.65. The molecular weight excluding hydrogens is 332 g/mol. The molecule has 0 aliphatic carbocycles. The summed E-state index contributed by atoms with van der Waals surface area (Å²) in [4.78, 5) is 23.9. The fourth-order valence-corrected chi connectivity index (χ4v) is 3.10. The molecule has 1 aliphatic heterocycles. The first-order chi connectivity index (χ1) is 10.7. The van der Waals surface area contributed by atoms with E-state index in [0.717, 1.165) is 12.1 Å². The second-order valence-electron chi connectivity index (χ2n) is 5.29. The smallest absolute Gasteiger partial charge is 0.341 e. The van der Waals surface area contributed by atoms with E-state index in [1.54, 1.807) is 0 Å². The standard InChI is InChI=1S/C14H15F2NO5S/c15-14(16)23(21,22)11-3-1-9(2-4-11)7-12(18)17-6-5-10(8-17)13(19)20/h1-4,10,14H,5-8H2,(H,19,20). The van der Waals surface area contributed by atoms with Crippen LogP contribution in [0.25, 0.3) is 0 Å². The summed E-state index contributed by atoms with van der Waals surface area (Å²) in [5.41, 5.74) is 0.474. The molecule has 1 amide bonds. The highest BCUT2D eigenvalue weighted by Crippen LogP contribution is 2.20. The van der Waals surface area contributed by atoms with Crippen LogP contribution in [0.3, 0.4) is 0 Å². The van der Waals surface area contributed by atoms with Crippen LogP contribution in [0, 0.1) is 5.92 Å². The second kappa shape index (κ2) is 6.61. The summed E-state index contributed by atoms with van der Waals surface area (Å²) >= 11 is 0. The van der Waals surface area contributed by atoms with Crippen molar-refractivity contribution < 1.29 is 31.9 Å². The lowest BCUT2D eigenvalue weighted by molar-refractivity contribution is -0.141. The van der Waals surface area contributed by atoms with E-state index in [0.29, 0.717) is 18.5 Å². The molecule has 0 saturated carbocycles. The lowest BCUT2D eigenvalue weighted by atomic mass is 10.1. The van der Waals surface area contributed by atoms with Crippen LogP contribution in [0.1, 0.15) is 12.0 Å². The van der Waals surface area contributed by atoms with Gasteiger partial charge in [-0.05, 0) is 24.1 Å². The number of amides is 1. The zero-order valence-electron chi connectivity index (χ0n) is 12.0. The highest BCUT2D eigenvalue weighted by molar-refractivity contribution is 7.91. The Bertz CT molecular complexity index is 702. The number of aliphatic carboxylic acids is 1. The summed E-state index contributed by atoms with van der Waals surface area (Å²) in [7, 11) is -4.65. The number of carbonyl (C=O) groups is 2. The van der Waals surface area contributed by atoms with E-state index in [9.17, 15) is 26.8 Å². The molecule has 1 aromatic carbocycles. The summed E-state index contributed by atoms with van der Waals surface area (Å²) in [6.45, 7) is 0.500. The highest BCUT2D eigenvalue weighted by atomic mass is 32.2. The van der Waals surface area contributed by atoms with Crippen molar-refractivity contribution in [1.82, 2.24) is 4.90 Å². The molecule has 9 heteroatoms. The molecule has 23 heavy (non-hydrogen) atoms. The van der Waals surface area contributed by atoms with Gasteiger partial charge >= 0.3 is 11.7 Å². The molecule has 1 unspecified atom stereocenters. The fourth-order valence-electron chi connectivity index (χ4n) is 2.37. The minimum absolute atomic E-state index is 0.0403. The van der Waals surface area contributed by atoms with Gasteiger partial charge in [-0.1, -0.05) is 12.1 Å². The topological polar surface area (TPSA) is 91.8 Å². The van der Waals surface area contributed by atoms with E-state index in [-0.39, 0.29) is 18.9 Å². The molecular formula is C14H15F2NO5S. The van der Waals surface area contributed by atoms with Gasteiger partial charge < -0.3 is 10.0 Å². The Kier molecular flexibility index (Phi) is 4.98.